The van der Waals surface area contributed by atoms with Crippen LogP contribution in [0.1, 0.15) is 19.4 Å². The van der Waals surface area contributed by atoms with E-state index in [9.17, 15) is 19.2 Å². The van der Waals surface area contributed by atoms with Crippen LogP contribution in [0.25, 0.3) is 0 Å². The second kappa shape index (κ2) is 11.2. The second-order valence-corrected chi connectivity index (χ2v) is 7.29. The quantitative estimate of drug-likeness (QED) is 0.452. The number of nitrogens with one attached hydrogen (secondary N) is 1. The third kappa shape index (κ3) is 5.71. The van der Waals surface area contributed by atoms with Crippen LogP contribution in [0, 0.1) is 5.92 Å². The fourth-order valence-electron chi connectivity index (χ4n) is 3.49. The number of para-hydroxylation sites is 1. The third-order valence-corrected chi connectivity index (χ3v) is 5.17. The SMILES string of the molecule is COC(=O)C1=C(C)NC(C)=C(C(=O)OC)C1C(=O)OCC(=O)N(C)Cc1ccccc1OC. The number of hydrogen-bond donors (Lipinski definition) is 1. The molecule has 0 saturated carbocycles. The summed E-state index contributed by atoms with van der Waals surface area (Å²) in [6.07, 6.45) is 0. The Morgan fingerprint density at radius 1 is 0.939 bits per heavy atom. The molecule has 0 atom stereocenters. The van der Waals surface area contributed by atoms with Crippen LogP contribution in [-0.2, 0) is 39.9 Å². The van der Waals surface area contributed by atoms with Gasteiger partial charge < -0.3 is 29.2 Å². The number of hydrogen-bond acceptors (Lipinski definition) is 9. The minimum absolute atomic E-state index is 0.0941. The van der Waals surface area contributed by atoms with Crippen LogP contribution in [0.15, 0.2) is 46.8 Å². The van der Waals surface area contributed by atoms with Gasteiger partial charge in [-0.15, -0.1) is 0 Å². The Kier molecular flexibility index (Phi) is 8.61. The monoisotopic (exact) mass is 460 g/mol. The van der Waals surface area contributed by atoms with Gasteiger partial charge in [0, 0.05) is 30.5 Å². The third-order valence-electron chi connectivity index (χ3n) is 5.17. The van der Waals surface area contributed by atoms with Gasteiger partial charge in [0.25, 0.3) is 5.91 Å². The normalized spacial score (nSPS) is 13.8. The molecule has 1 amide bonds. The van der Waals surface area contributed by atoms with Gasteiger partial charge in [0.15, 0.2) is 6.61 Å². The molecule has 0 saturated heterocycles. The number of allylic oxidation sites excluding steroid dienone is 2. The molecule has 2 rings (SSSR count). The summed E-state index contributed by atoms with van der Waals surface area (Å²) in [6.45, 7) is 2.77. The fraction of sp³-hybridized carbons (Fsp3) is 0.391. The summed E-state index contributed by atoms with van der Waals surface area (Å²) in [4.78, 5) is 51.7. The summed E-state index contributed by atoms with van der Waals surface area (Å²) < 4.78 is 20.1. The molecule has 1 aliphatic heterocycles. The molecule has 0 spiro atoms. The molecule has 0 bridgehead atoms. The molecule has 0 aromatic heterocycles. The van der Waals surface area contributed by atoms with Crippen molar-refractivity contribution in [2.24, 2.45) is 5.92 Å². The summed E-state index contributed by atoms with van der Waals surface area (Å²) >= 11 is 0. The fourth-order valence-corrected chi connectivity index (χ4v) is 3.49. The Morgan fingerprint density at radius 3 is 2.00 bits per heavy atom. The Labute approximate surface area is 192 Å². The zero-order valence-corrected chi connectivity index (χ0v) is 19.5. The van der Waals surface area contributed by atoms with Crippen molar-refractivity contribution in [2.75, 3.05) is 35.0 Å². The lowest BCUT2D eigenvalue weighted by Gasteiger charge is -2.28. The zero-order chi connectivity index (χ0) is 24.7. The van der Waals surface area contributed by atoms with Gasteiger partial charge in [0.1, 0.15) is 11.7 Å². The smallest absolute Gasteiger partial charge is 0.336 e. The predicted octanol–water partition coefficient (Wildman–Crippen LogP) is 1.31. The summed E-state index contributed by atoms with van der Waals surface area (Å²) in [5.74, 6) is -3.83. The van der Waals surface area contributed by atoms with Gasteiger partial charge in [-0.25, -0.2) is 9.59 Å². The molecule has 1 aliphatic rings. The molecule has 1 heterocycles. The van der Waals surface area contributed by atoms with E-state index in [4.69, 9.17) is 18.9 Å². The topological polar surface area (TPSA) is 120 Å². The lowest BCUT2D eigenvalue weighted by molar-refractivity contribution is -0.155. The maximum Gasteiger partial charge on any atom is 0.336 e. The molecule has 10 heteroatoms. The molecule has 0 unspecified atom stereocenters. The van der Waals surface area contributed by atoms with Crippen LogP contribution in [0.3, 0.4) is 0 Å². The number of carbonyl (C=O) groups is 4. The molecule has 0 radical (unpaired) electrons. The molecule has 0 aliphatic carbocycles. The Morgan fingerprint density at radius 2 is 1.48 bits per heavy atom. The molecular formula is C23H28N2O8. The molecule has 10 nitrogen and oxygen atoms in total. The number of carbonyl (C=O) groups excluding carboxylic acids is 4. The first kappa shape index (κ1) is 25.4. The average Bonchev–Trinajstić information content (AvgIpc) is 2.81. The summed E-state index contributed by atoms with van der Waals surface area (Å²) in [7, 11) is 5.40. The van der Waals surface area contributed by atoms with E-state index in [2.05, 4.69) is 5.32 Å². The number of benzene rings is 1. The van der Waals surface area contributed by atoms with Crippen molar-refractivity contribution in [3.8, 4) is 5.75 Å². The van der Waals surface area contributed by atoms with Gasteiger partial charge in [-0.2, -0.15) is 0 Å². The molecule has 0 fully saturated rings. The number of esters is 3. The van der Waals surface area contributed by atoms with Crippen LogP contribution in [0.5, 0.6) is 5.75 Å². The first-order chi connectivity index (χ1) is 15.7. The first-order valence-electron chi connectivity index (χ1n) is 10.0. The van der Waals surface area contributed by atoms with Crippen molar-refractivity contribution >= 4 is 23.8 Å². The van der Waals surface area contributed by atoms with E-state index in [1.54, 1.807) is 27.0 Å². The first-order valence-corrected chi connectivity index (χ1v) is 10.0. The maximum atomic E-state index is 13.0. The Bertz CT molecular complexity index is 973. The van der Waals surface area contributed by atoms with Crippen molar-refractivity contribution in [3.05, 3.63) is 52.4 Å². The second-order valence-electron chi connectivity index (χ2n) is 7.29. The lowest BCUT2D eigenvalue weighted by Crippen LogP contribution is -2.39. The maximum absolute atomic E-state index is 13.0. The van der Waals surface area contributed by atoms with Crippen molar-refractivity contribution in [2.45, 2.75) is 20.4 Å². The van der Waals surface area contributed by atoms with Crippen LogP contribution in [0.2, 0.25) is 0 Å². The van der Waals surface area contributed by atoms with E-state index in [0.29, 0.717) is 17.1 Å². The van der Waals surface area contributed by atoms with Crippen molar-refractivity contribution in [1.29, 1.82) is 0 Å². The van der Waals surface area contributed by atoms with Gasteiger partial charge >= 0.3 is 17.9 Å². The van der Waals surface area contributed by atoms with E-state index < -0.39 is 36.3 Å². The van der Waals surface area contributed by atoms with Gasteiger partial charge in [0.2, 0.25) is 0 Å². The largest absolute Gasteiger partial charge is 0.496 e. The number of likely N-dealkylation sites (N-methyl/N-ethyl adjacent to an activating group) is 1. The lowest BCUT2D eigenvalue weighted by atomic mass is 9.85. The minimum atomic E-state index is -1.40. The molecule has 1 aromatic carbocycles. The average molecular weight is 460 g/mol. The number of rotatable bonds is 8. The summed E-state index contributed by atoms with van der Waals surface area (Å²) in [5, 5.41) is 2.88. The summed E-state index contributed by atoms with van der Waals surface area (Å²) in [6, 6.07) is 7.22. The van der Waals surface area contributed by atoms with Crippen LogP contribution < -0.4 is 10.1 Å². The highest BCUT2D eigenvalue weighted by Crippen LogP contribution is 2.32. The number of ether oxygens (including phenoxy) is 4. The van der Waals surface area contributed by atoms with Crippen molar-refractivity contribution in [3.63, 3.8) is 0 Å². The summed E-state index contributed by atoms with van der Waals surface area (Å²) in [5.41, 5.74) is 1.24. The number of amides is 1. The van der Waals surface area contributed by atoms with E-state index in [0.717, 1.165) is 19.8 Å². The van der Waals surface area contributed by atoms with Crippen molar-refractivity contribution in [1.82, 2.24) is 10.2 Å². The number of methoxy groups -OCH3 is 3. The van der Waals surface area contributed by atoms with Gasteiger partial charge in [-0.1, -0.05) is 18.2 Å². The van der Waals surface area contributed by atoms with E-state index >= 15 is 0 Å². The minimum Gasteiger partial charge on any atom is -0.496 e. The van der Waals surface area contributed by atoms with Crippen molar-refractivity contribution < 1.29 is 38.1 Å². The Balaban J connectivity index is 2.20. The molecule has 33 heavy (non-hydrogen) atoms. The van der Waals surface area contributed by atoms with Gasteiger partial charge in [-0.3, -0.25) is 9.59 Å². The molecule has 178 valence electrons. The highest BCUT2D eigenvalue weighted by Gasteiger charge is 2.42. The standard InChI is InChI=1S/C23H28N2O8/c1-13-18(21(27)31-5)20(19(14(2)24-13)22(28)32-6)23(29)33-12-17(26)25(3)11-15-9-7-8-10-16(15)30-4/h7-10,20,24H,11-12H2,1-6H3. The van der Waals surface area contributed by atoms with Crippen LogP contribution in [0.4, 0.5) is 0 Å². The molecule has 1 aromatic rings. The molecular weight excluding hydrogens is 432 g/mol. The number of dihydropyridines is 1. The van der Waals surface area contributed by atoms with Gasteiger partial charge in [0.05, 0.1) is 32.5 Å². The van der Waals surface area contributed by atoms with Crippen LogP contribution >= 0.6 is 0 Å². The van der Waals surface area contributed by atoms with E-state index in [-0.39, 0.29) is 17.7 Å². The highest BCUT2D eigenvalue weighted by molar-refractivity contribution is 6.05. The van der Waals surface area contributed by atoms with Crippen LogP contribution in [-0.4, -0.2) is 63.7 Å². The Hall–Kier alpha value is -3.82. The highest BCUT2D eigenvalue weighted by atomic mass is 16.5. The van der Waals surface area contributed by atoms with Gasteiger partial charge in [-0.05, 0) is 19.9 Å². The van der Waals surface area contributed by atoms with E-state index in [1.165, 1.54) is 12.0 Å². The zero-order valence-electron chi connectivity index (χ0n) is 19.5. The number of nitrogens with zero attached hydrogens (tertiary/aromatic N) is 1. The van der Waals surface area contributed by atoms with E-state index in [1.807, 2.05) is 18.2 Å². The predicted molar refractivity (Wildman–Crippen MR) is 116 cm³/mol. The molecule has 1 N–H and O–H groups in total.